The summed E-state index contributed by atoms with van der Waals surface area (Å²) in [4.78, 5) is 3.23. The molecule has 0 aromatic rings. The maximum absolute atomic E-state index is 4.29. The van der Waals surface area contributed by atoms with Crippen LogP contribution in [-0.4, -0.2) is 30.7 Å². The van der Waals surface area contributed by atoms with Crippen molar-refractivity contribution in [2.24, 2.45) is 35.5 Å². The molecule has 200 valence electrons. The minimum absolute atomic E-state index is 0. The number of hydrogen-bond donors (Lipinski definition) is 1. The van der Waals surface area contributed by atoms with Crippen molar-refractivity contribution in [2.75, 3.05) is 0 Å². The summed E-state index contributed by atoms with van der Waals surface area (Å²) < 4.78 is 0. The first-order valence-corrected chi connectivity index (χ1v) is 20.1. The predicted octanol–water partition coefficient (Wildman–Crippen LogP) is 8.67. The van der Waals surface area contributed by atoms with E-state index in [1.54, 1.807) is 9.81 Å². The predicted molar refractivity (Wildman–Crippen MR) is 157 cm³/mol. The van der Waals surface area contributed by atoms with Crippen LogP contribution in [-0.2, 0) is 21.1 Å². The van der Waals surface area contributed by atoms with Crippen LogP contribution < -0.4 is 5.32 Å². The van der Waals surface area contributed by atoms with E-state index in [4.69, 9.17) is 0 Å². The van der Waals surface area contributed by atoms with Gasteiger partial charge in [0.05, 0.1) is 0 Å². The van der Waals surface area contributed by atoms with Gasteiger partial charge >= 0.3 is 0 Å². The monoisotopic (exact) mass is 710 g/mol. The molecular formula is C31H48NS2SiW-. The fraction of sp³-hybridized carbons (Fsp3) is 0.839. The molecule has 0 aromatic heterocycles. The number of allylic oxidation sites excluding steroid dienone is 4. The van der Waals surface area contributed by atoms with E-state index >= 15 is 0 Å². The molecule has 4 aliphatic carbocycles. The van der Waals surface area contributed by atoms with Gasteiger partial charge in [-0.1, -0.05) is 62.8 Å². The van der Waals surface area contributed by atoms with E-state index in [2.05, 4.69) is 74.4 Å². The van der Waals surface area contributed by atoms with Gasteiger partial charge in [0.15, 0.2) is 0 Å². The third-order valence-electron chi connectivity index (χ3n) is 12.1. The largest absolute Gasteiger partial charge is 0.327 e. The van der Waals surface area contributed by atoms with Crippen molar-refractivity contribution >= 4 is 31.6 Å². The van der Waals surface area contributed by atoms with Crippen molar-refractivity contribution in [3.05, 3.63) is 28.4 Å². The fourth-order valence-electron chi connectivity index (χ4n) is 10.8. The average molecular weight is 711 g/mol. The number of nitrogens with one attached hydrogen (secondary N) is 1. The molecule has 11 atom stereocenters. The van der Waals surface area contributed by atoms with Gasteiger partial charge in [0, 0.05) is 51.7 Å². The molecule has 3 aliphatic heterocycles. The molecule has 7 aliphatic rings. The van der Waals surface area contributed by atoms with Crippen LogP contribution in [0.5, 0.6) is 0 Å². The molecule has 0 amide bonds. The van der Waals surface area contributed by atoms with E-state index < -0.39 is 8.07 Å². The van der Waals surface area contributed by atoms with Gasteiger partial charge in [-0.15, -0.1) is 23.5 Å². The molecule has 1 nitrogen and oxygen atoms in total. The number of thioether (sulfide) groups is 2. The first kappa shape index (κ1) is 27.2. The Balaban J connectivity index is 0.00000240. The minimum atomic E-state index is -1.47. The second-order valence-electron chi connectivity index (χ2n) is 14.1. The summed E-state index contributed by atoms with van der Waals surface area (Å²) in [5, 5.41) is 6.04. The SMILES string of the molecule is CC1=CC2C3C=C(C)SC3C([Si](C)(C)C3[CH-]CC4C(C5CCC6CCCCC6N5)CCCC43)C2S1.[W]. The zero-order valence-electron chi connectivity index (χ0n) is 23.0. The summed E-state index contributed by atoms with van der Waals surface area (Å²) in [6, 6.07) is 1.68. The molecule has 0 bridgehead atoms. The van der Waals surface area contributed by atoms with Crippen molar-refractivity contribution in [3.63, 3.8) is 0 Å². The average Bonchev–Trinajstić information content (AvgIpc) is 3.59. The van der Waals surface area contributed by atoms with E-state index in [0.717, 1.165) is 69.2 Å². The van der Waals surface area contributed by atoms with Crippen molar-refractivity contribution in [2.45, 2.75) is 125 Å². The van der Waals surface area contributed by atoms with Crippen LogP contribution in [0.15, 0.2) is 22.0 Å². The molecule has 11 unspecified atom stereocenters. The summed E-state index contributed by atoms with van der Waals surface area (Å²) in [6.07, 6.45) is 23.2. The van der Waals surface area contributed by atoms with E-state index in [1.165, 1.54) is 64.2 Å². The van der Waals surface area contributed by atoms with E-state index in [1.807, 2.05) is 0 Å². The van der Waals surface area contributed by atoms with Crippen LogP contribution in [0.1, 0.15) is 78.1 Å². The Labute approximate surface area is 245 Å². The fourth-order valence-corrected chi connectivity index (χ4v) is 21.0. The van der Waals surface area contributed by atoms with Crippen LogP contribution in [0.4, 0.5) is 0 Å². The van der Waals surface area contributed by atoms with Crippen LogP contribution in [0, 0.1) is 41.9 Å². The van der Waals surface area contributed by atoms with Crippen LogP contribution in [0.3, 0.4) is 0 Å². The van der Waals surface area contributed by atoms with E-state index in [-0.39, 0.29) is 21.1 Å². The van der Waals surface area contributed by atoms with Crippen LogP contribution in [0.25, 0.3) is 0 Å². The summed E-state index contributed by atoms with van der Waals surface area (Å²) in [5.41, 5.74) is 1.92. The van der Waals surface area contributed by atoms with Crippen molar-refractivity contribution < 1.29 is 21.1 Å². The zero-order valence-corrected chi connectivity index (χ0v) is 28.5. The Morgan fingerprint density at radius 3 is 2.17 bits per heavy atom. The molecule has 0 spiro atoms. The third-order valence-corrected chi connectivity index (χ3v) is 20.2. The molecule has 7 rings (SSSR count). The van der Waals surface area contributed by atoms with Crippen molar-refractivity contribution in [1.29, 1.82) is 0 Å². The number of hydrogen-bond acceptors (Lipinski definition) is 3. The summed E-state index contributed by atoms with van der Waals surface area (Å²) in [5.74, 6) is 5.58. The summed E-state index contributed by atoms with van der Waals surface area (Å²) in [7, 11) is -1.47. The first-order valence-electron chi connectivity index (χ1n) is 15.2. The second-order valence-corrected chi connectivity index (χ2v) is 22.0. The standard InChI is InChI=1S/C31H48NS2Si.W/c1-18-16-24-25-17-19(2)34-30(25)31(29(24)33-18)35(3,4)28-15-13-21-22(9-7-10-23(21)28)27-14-12-20-8-5-6-11-26(20)32-27;/h15-17,20-32H,5-14H2,1-4H3;/q-1;. The minimum Gasteiger partial charge on any atom is -0.327 e. The van der Waals surface area contributed by atoms with Gasteiger partial charge in [0.2, 0.25) is 0 Å². The smallest absolute Gasteiger partial charge is 0.0273 e. The molecule has 1 saturated heterocycles. The molecule has 4 saturated carbocycles. The Hall–Kier alpha value is 1.05. The molecule has 1 N–H and O–H groups in total. The summed E-state index contributed by atoms with van der Waals surface area (Å²) >= 11 is 4.56. The molecule has 3 heterocycles. The van der Waals surface area contributed by atoms with E-state index in [0.29, 0.717) is 0 Å². The maximum atomic E-state index is 4.29. The third kappa shape index (κ3) is 4.40. The zero-order chi connectivity index (χ0) is 23.9. The van der Waals surface area contributed by atoms with Crippen LogP contribution >= 0.6 is 23.5 Å². The Kier molecular flexibility index (Phi) is 7.91. The molecule has 0 aromatic carbocycles. The van der Waals surface area contributed by atoms with Gasteiger partial charge in [-0.2, -0.15) is 12.0 Å². The molecular weight excluding hydrogens is 662 g/mol. The number of fused-ring (bicyclic) bond motifs is 5. The molecule has 0 radical (unpaired) electrons. The van der Waals surface area contributed by atoms with Gasteiger partial charge in [-0.3, -0.25) is 0 Å². The van der Waals surface area contributed by atoms with Crippen LogP contribution in [0.2, 0.25) is 24.2 Å². The van der Waals surface area contributed by atoms with Gasteiger partial charge in [0.25, 0.3) is 0 Å². The molecule has 5 heteroatoms. The first-order chi connectivity index (χ1) is 16.9. The molecule has 5 fully saturated rings. The summed E-state index contributed by atoms with van der Waals surface area (Å²) in [6.45, 7) is 10.5. The second kappa shape index (κ2) is 10.5. The number of rotatable bonds is 3. The van der Waals surface area contributed by atoms with Crippen molar-refractivity contribution in [1.82, 2.24) is 5.32 Å². The Bertz CT molecular complexity index is 871. The van der Waals surface area contributed by atoms with Gasteiger partial charge in [0.1, 0.15) is 0 Å². The molecule has 36 heavy (non-hydrogen) atoms. The van der Waals surface area contributed by atoms with Gasteiger partial charge < -0.3 is 11.7 Å². The van der Waals surface area contributed by atoms with Gasteiger partial charge in [-0.05, 0) is 85.0 Å². The topological polar surface area (TPSA) is 12.0 Å². The maximum Gasteiger partial charge on any atom is 0.0273 e. The Morgan fingerprint density at radius 2 is 1.44 bits per heavy atom. The normalized spacial score (nSPS) is 49.9. The number of piperidine rings is 1. The quantitative estimate of drug-likeness (QED) is 0.233. The van der Waals surface area contributed by atoms with E-state index in [9.17, 15) is 0 Å². The Morgan fingerprint density at radius 1 is 0.778 bits per heavy atom. The van der Waals surface area contributed by atoms with Crippen molar-refractivity contribution in [3.8, 4) is 0 Å². The van der Waals surface area contributed by atoms with Gasteiger partial charge in [-0.25, -0.2) is 0 Å².